The fourth-order valence-electron chi connectivity index (χ4n) is 2.15. The molecule has 0 saturated carbocycles. The summed E-state index contributed by atoms with van der Waals surface area (Å²) in [6.07, 6.45) is 4.74. The van der Waals surface area contributed by atoms with E-state index in [2.05, 4.69) is 4.98 Å². The van der Waals surface area contributed by atoms with Crippen LogP contribution in [0.25, 0.3) is 4.96 Å². The van der Waals surface area contributed by atoms with Crippen LogP contribution in [0.2, 0.25) is 5.02 Å². The molecular formula is C14H13ClN2OS. The molecule has 0 fully saturated rings. The van der Waals surface area contributed by atoms with Gasteiger partial charge in [-0.3, -0.25) is 4.40 Å². The molecule has 2 aromatic heterocycles. The average molecular weight is 293 g/mol. The molecule has 1 aromatic carbocycles. The van der Waals surface area contributed by atoms with Gasteiger partial charge in [0, 0.05) is 35.1 Å². The maximum atomic E-state index is 9.57. The monoisotopic (exact) mass is 292 g/mol. The lowest BCUT2D eigenvalue weighted by atomic mass is 9.95. The normalized spacial score (nSPS) is 12.9. The summed E-state index contributed by atoms with van der Waals surface area (Å²) in [5, 5.41) is 12.3. The van der Waals surface area contributed by atoms with Gasteiger partial charge in [-0.15, -0.1) is 11.3 Å². The third-order valence-corrected chi connectivity index (χ3v) is 4.18. The highest BCUT2D eigenvalue weighted by Gasteiger charge is 2.14. The molecule has 1 unspecified atom stereocenters. The molecule has 0 bridgehead atoms. The minimum Gasteiger partial charge on any atom is -0.396 e. The van der Waals surface area contributed by atoms with Gasteiger partial charge >= 0.3 is 0 Å². The van der Waals surface area contributed by atoms with Crippen LogP contribution in [0.3, 0.4) is 0 Å². The van der Waals surface area contributed by atoms with Gasteiger partial charge in [-0.25, -0.2) is 4.98 Å². The summed E-state index contributed by atoms with van der Waals surface area (Å²) < 4.78 is 2.01. The van der Waals surface area contributed by atoms with E-state index in [9.17, 15) is 5.11 Å². The van der Waals surface area contributed by atoms with E-state index in [4.69, 9.17) is 11.6 Å². The second-order valence-electron chi connectivity index (χ2n) is 4.46. The van der Waals surface area contributed by atoms with Crippen molar-refractivity contribution in [3.05, 3.63) is 58.3 Å². The zero-order valence-electron chi connectivity index (χ0n) is 10.2. The molecule has 3 aromatic rings. The van der Waals surface area contributed by atoms with Gasteiger partial charge < -0.3 is 5.11 Å². The zero-order chi connectivity index (χ0) is 13.2. The highest BCUT2D eigenvalue weighted by atomic mass is 35.5. The summed E-state index contributed by atoms with van der Waals surface area (Å²) in [4.78, 5) is 5.54. The Balaban J connectivity index is 1.83. The number of thiazole rings is 1. The Hall–Kier alpha value is -1.36. The number of aliphatic hydroxyl groups is 1. The number of imidazole rings is 1. The first kappa shape index (κ1) is 12.7. The Morgan fingerprint density at radius 2 is 2.11 bits per heavy atom. The summed E-state index contributed by atoms with van der Waals surface area (Å²) in [7, 11) is 0. The number of rotatable bonds is 4. The van der Waals surface area contributed by atoms with Crippen LogP contribution in [-0.2, 0) is 6.42 Å². The van der Waals surface area contributed by atoms with Crippen molar-refractivity contribution in [3.63, 3.8) is 0 Å². The van der Waals surface area contributed by atoms with Gasteiger partial charge in [0.05, 0.1) is 12.3 Å². The number of benzene rings is 1. The average Bonchev–Trinajstić information content (AvgIpc) is 2.98. The molecule has 98 valence electrons. The number of halogens is 1. The van der Waals surface area contributed by atoms with Crippen LogP contribution < -0.4 is 0 Å². The molecule has 0 saturated heterocycles. The first-order valence-electron chi connectivity index (χ1n) is 6.03. The van der Waals surface area contributed by atoms with Crippen LogP contribution in [0.15, 0.2) is 42.0 Å². The maximum absolute atomic E-state index is 9.57. The van der Waals surface area contributed by atoms with E-state index >= 15 is 0 Å². The number of aromatic nitrogens is 2. The standard InChI is InChI=1S/C14H13ClN2OS/c15-12-3-1-10(2-4-12)11(9-18)7-13-8-17-5-6-19-14(17)16-13/h1-6,8,11,18H,7,9H2. The van der Waals surface area contributed by atoms with E-state index in [1.807, 2.05) is 46.4 Å². The van der Waals surface area contributed by atoms with Gasteiger partial charge in [0.2, 0.25) is 0 Å². The number of fused-ring (bicyclic) bond motifs is 1. The van der Waals surface area contributed by atoms with Crippen molar-refractivity contribution in [1.29, 1.82) is 0 Å². The predicted molar refractivity (Wildman–Crippen MR) is 78.1 cm³/mol. The van der Waals surface area contributed by atoms with Gasteiger partial charge in [0.25, 0.3) is 0 Å². The minimum absolute atomic E-state index is 0.0573. The second-order valence-corrected chi connectivity index (χ2v) is 5.77. The first-order chi connectivity index (χ1) is 9.26. The van der Waals surface area contributed by atoms with Gasteiger partial charge in [-0.1, -0.05) is 23.7 Å². The summed E-state index contributed by atoms with van der Waals surface area (Å²) in [6, 6.07) is 7.62. The molecule has 2 heterocycles. The summed E-state index contributed by atoms with van der Waals surface area (Å²) in [5.74, 6) is 0.0573. The summed E-state index contributed by atoms with van der Waals surface area (Å²) >= 11 is 7.49. The lowest BCUT2D eigenvalue weighted by molar-refractivity contribution is 0.264. The predicted octanol–water partition coefficient (Wildman–Crippen LogP) is 3.37. The van der Waals surface area contributed by atoms with Gasteiger partial charge in [-0.05, 0) is 17.7 Å². The molecule has 1 atom stereocenters. The molecule has 5 heteroatoms. The van der Waals surface area contributed by atoms with E-state index in [1.54, 1.807) is 11.3 Å². The van der Waals surface area contributed by atoms with Gasteiger partial charge in [-0.2, -0.15) is 0 Å². The number of aliphatic hydroxyl groups excluding tert-OH is 1. The van der Waals surface area contributed by atoms with Crippen LogP contribution in [0.5, 0.6) is 0 Å². The van der Waals surface area contributed by atoms with Crippen molar-refractivity contribution in [3.8, 4) is 0 Å². The van der Waals surface area contributed by atoms with Crippen LogP contribution >= 0.6 is 22.9 Å². The van der Waals surface area contributed by atoms with Crippen LogP contribution in [0, 0.1) is 0 Å². The summed E-state index contributed by atoms with van der Waals surface area (Å²) in [6.45, 7) is 0.104. The second kappa shape index (κ2) is 5.33. The van der Waals surface area contributed by atoms with Crippen molar-refractivity contribution in [2.75, 3.05) is 6.61 Å². The van der Waals surface area contributed by atoms with Gasteiger partial charge in [0.1, 0.15) is 0 Å². The smallest absolute Gasteiger partial charge is 0.193 e. The maximum Gasteiger partial charge on any atom is 0.193 e. The molecule has 0 aliphatic rings. The van der Waals surface area contributed by atoms with Crippen molar-refractivity contribution in [1.82, 2.24) is 9.38 Å². The molecule has 0 aliphatic heterocycles. The first-order valence-corrected chi connectivity index (χ1v) is 7.29. The van der Waals surface area contributed by atoms with Crippen molar-refractivity contribution in [2.45, 2.75) is 12.3 Å². The molecule has 0 aliphatic carbocycles. The molecule has 0 amide bonds. The van der Waals surface area contributed by atoms with Crippen molar-refractivity contribution in [2.24, 2.45) is 0 Å². The highest BCUT2D eigenvalue weighted by Crippen LogP contribution is 2.23. The Morgan fingerprint density at radius 3 is 2.79 bits per heavy atom. The van der Waals surface area contributed by atoms with E-state index in [0.717, 1.165) is 22.6 Å². The lowest BCUT2D eigenvalue weighted by Gasteiger charge is -2.13. The lowest BCUT2D eigenvalue weighted by Crippen LogP contribution is -2.07. The highest BCUT2D eigenvalue weighted by molar-refractivity contribution is 7.15. The SMILES string of the molecule is OCC(Cc1cn2ccsc2n1)c1ccc(Cl)cc1. The Labute approximate surface area is 120 Å². The van der Waals surface area contributed by atoms with E-state index in [-0.39, 0.29) is 12.5 Å². The van der Waals surface area contributed by atoms with Crippen LogP contribution in [0.1, 0.15) is 17.2 Å². The molecule has 0 radical (unpaired) electrons. The number of nitrogens with zero attached hydrogens (tertiary/aromatic N) is 2. The number of hydrogen-bond donors (Lipinski definition) is 1. The summed E-state index contributed by atoms with van der Waals surface area (Å²) in [5.41, 5.74) is 2.09. The third kappa shape index (κ3) is 2.66. The molecule has 3 rings (SSSR count). The Bertz CT molecular complexity index is 646. The van der Waals surface area contributed by atoms with E-state index in [0.29, 0.717) is 5.02 Å². The molecular weight excluding hydrogens is 280 g/mol. The fourth-order valence-corrected chi connectivity index (χ4v) is 2.99. The van der Waals surface area contributed by atoms with Crippen LogP contribution in [0.4, 0.5) is 0 Å². The molecule has 0 spiro atoms. The van der Waals surface area contributed by atoms with E-state index in [1.165, 1.54) is 0 Å². The molecule has 3 nitrogen and oxygen atoms in total. The Morgan fingerprint density at radius 1 is 1.32 bits per heavy atom. The molecule has 19 heavy (non-hydrogen) atoms. The van der Waals surface area contributed by atoms with Crippen molar-refractivity contribution < 1.29 is 5.11 Å². The van der Waals surface area contributed by atoms with Crippen LogP contribution in [-0.4, -0.2) is 21.1 Å². The van der Waals surface area contributed by atoms with Gasteiger partial charge in [0.15, 0.2) is 4.96 Å². The quantitative estimate of drug-likeness (QED) is 0.800. The molecule has 1 N–H and O–H groups in total. The fraction of sp³-hybridized carbons (Fsp3) is 0.214. The van der Waals surface area contributed by atoms with Crippen molar-refractivity contribution >= 4 is 27.9 Å². The third-order valence-electron chi connectivity index (χ3n) is 3.16. The topological polar surface area (TPSA) is 37.5 Å². The largest absolute Gasteiger partial charge is 0.396 e. The zero-order valence-corrected chi connectivity index (χ0v) is 11.7. The Kier molecular flexibility index (Phi) is 3.55. The number of hydrogen-bond acceptors (Lipinski definition) is 3. The van der Waals surface area contributed by atoms with E-state index < -0.39 is 0 Å². The minimum atomic E-state index is 0.0573.